The molecule has 0 bridgehead atoms. The van der Waals surface area contributed by atoms with Crippen LogP contribution in [0.15, 0.2) is 12.1 Å². The number of aryl methyl sites for hydroxylation is 2. The molecule has 0 aliphatic heterocycles. The lowest BCUT2D eigenvalue weighted by Gasteiger charge is -2.23. The highest BCUT2D eigenvalue weighted by Crippen LogP contribution is 2.23. The van der Waals surface area contributed by atoms with Gasteiger partial charge in [-0.3, -0.25) is 9.69 Å². The van der Waals surface area contributed by atoms with Crippen LogP contribution in [0.5, 0.6) is 5.75 Å². The standard InChI is InChI=1S/C15H24N2O2/c1-10(2)7-17(9-14(16)18)8-13-5-11(3)15(19)12(4)6-13/h5-6,10,19H,7-9H2,1-4H3,(H2,16,18). The average molecular weight is 264 g/mol. The number of rotatable bonds is 6. The van der Waals surface area contributed by atoms with Crippen LogP contribution in [-0.4, -0.2) is 29.0 Å². The number of primary amides is 1. The Morgan fingerprint density at radius 3 is 2.26 bits per heavy atom. The molecule has 3 N–H and O–H groups in total. The van der Waals surface area contributed by atoms with Crippen LogP contribution in [0.1, 0.15) is 30.5 Å². The van der Waals surface area contributed by atoms with E-state index in [2.05, 4.69) is 13.8 Å². The van der Waals surface area contributed by atoms with Gasteiger partial charge in [-0.25, -0.2) is 0 Å². The lowest BCUT2D eigenvalue weighted by molar-refractivity contribution is -0.119. The topological polar surface area (TPSA) is 66.6 Å². The van der Waals surface area contributed by atoms with Gasteiger partial charge in [0.1, 0.15) is 5.75 Å². The quantitative estimate of drug-likeness (QED) is 0.825. The first kappa shape index (κ1) is 15.5. The highest BCUT2D eigenvalue weighted by atomic mass is 16.3. The first-order valence-electron chi connectivity index (χ1n) is 6.59. The van der Waals surface area contributed by atoms with Crippen molar-refractivity contribution in [3.05, 3.63) is 28.8 Å². The molecule has 1 rings (SSSR count). The Morgan fingerprint density at radius 1 is 1.32 bits per heavy atom. The van der Waals surface area contributed by atoms with E-state index < -0.39 is 0 Å². The maximum Gasteiger partial charge on any atom is 0.231 e. The van der Waals surface area contributed by atoms with E-state index in [1.807, 2.05) is 30.9 Å². The number of aromatic hydroxyl groups is 1. The summed E-state index contributed by atoms with van der Waals surface area (Å²) in [6, 6.07) is 3.91. The second-order valence-electron chi connectivity index (χ2n) is 5.61. The molecule has 4 heteroatoms. The molecule has 0 unspecified atom stereocenters. The fourth-order valence-corrected chi connectivity index (χ4v) is 2.32. The molecule has 1 amide bonds. The summed E-state index contributed by atoms with van der Waals surface area (Å²) in [4.78, 5) is 13.1. The monoisotopic (exact) mass is 264 g/mol. The van der Waals surface area contributed by atoms with Crippen molar-refractivity contribution in [2.24, 2.45) is 11.7 Å². The molecule has 106 valence electrons. The van der Waals surface area contributed by atoms with Gasteiger partial charge in [-0.1, -0.05) is 26.0 Å². The van der Waals surface area contributed by atoms with Crippen LogP contribution in [-0.2, 0) is 11.3 Å². The fourth-order valence-electron chi connectivity index (χ4n) is 2.32. The third-order valence-corrected chi connectivity index (χ3v) is 2.96. The smallest absolute Gasteiger partial charge is 0.231 e. The lowest BCUT2D eigenvalue weighted by Crippen LogP contribution is -2.35. The summed E-state index contributed by atoms with van der Waals surface area (Å²) in [6.45, 7) is 9.74. The maximum absolute atomic E-state index is 11.1. The molecule has 0 saturated heterocycles. The van der Waals surface area contributed by atoms with Gasteiger partial charge in [0, 0.05) is 13.1 Å². The Hall–Kier alpha value is -1.55. The molecule has 0 aliphatic rings. The maximum atomic E-state index is 11.1. The van der Waals surface area contributed by atoms with Crippen molar-refractivity contribution < 1.29 is 9.90 Å². The largest absolute Gasteiger partial charge is 0.507 e. The molecule has 0 spiro atoms. The number of hydrogen-bond donors (Lipinski definition) is 2. The predicted octanol–water partition coefficient (Wildman–Crippen LogP) is 1.95. The molecule has 0 saturated carbocycles. The minimum Gasteiger partial charge on any atom is -0.507 e. The van der Waals surface area contributed by atoms with E-state index in [9.17, 15) is 9.90 Å². The van der Waals surface area contributed by atoms with E-state index in [-0.39, 0.29) is 12.5 Å². The Balaban J connectivity index is 2.86. The molecular formula is C15H24N2O2. The minimum absolute atomic E-state index is 0.261. The number of phenolic OH excluding ortho intramolecular Hbond substituents is 1. The number of phenols is 1. The van der Waals surface area contributed by atoms with E-state index >= 15 is 0 Å². The Kier molecular flexibility index (Phi) is 5.36. The van der Waals surface area contributed by atoms with Crippen molar-refractivity contribution in [3.8, 4) is 5.75 Å². The number of carbonyl (C=O) groups excluding carboxylic acids is 1. The third-order valence-electron chi connectivity index (χ3n) is 2.96. The Morgan fingerprint density at radius 2 is 1.84 bits per heavy atom. The second-order valence-corrected chi connectivity index (χ2v) is 5.61. The molecule has 4 nitrogen and oxygen atoms in total. The van der Waals surface area contributed by atoms with Crippen molar-refractivity contribution in [3.63, 3.8) is 0 Å². The van der Waals surface area contributed by atoms with Crippen molar-refractivity contribution in [1.82, 2.24) is 4.90 Å². The van der Waals surface area contributed by atoms with Crippen LogP contribution in [0, 0.1) is 19.8 Å². The van der Waals surface area contributed by atoms with E-state index in [1.165, 1.54) is 0 Å². The van der Waals surface area contributed by atoms with E-state index in [0.29, 0.717) is 18.2 Å². The molecule has 0 fully saturated rings. The molecule has 19 heavy (non-hydrogen) atoms. The highest BCUT2D eigenvalue weighted by molar-refractivity contribution is 5.75. The van der Waals surface area contributed by atoms with Gasteiger partial charge in [0.15, 0.2) is 0 Å². The van der Waals surface area contributed by atoms with Gasteiger partial charge >= 0.3 is 0 Å². The van der Waals surface area contributed by atoms with Crippen LogP contribution >= 0.6 is 0 Å². The van der Waals surface area contributed by atoms with Crippen LogP contribution in [0.3, 0.4) is 0 Å². The van der Waals surface area contributed by atoms with Crippen molar-refractivity contribution in [1.29, 1.82) is 0 Å². The zero-order valence-electron chi connectivity index (χ0n) is 12.2. The zero-order chi connectivity index (χ0) is 14.6. The predicted molar refractivity (Wildman–Crippen MR) is 76.9 cm³/mol. The fraction of sp³-hybridized carbons (Fsp3) is 0.533. The summed E-state index contributed by atoms with van der Waals surface area (Å²) in [7, 11) is 0. The molecule has 1 aromatic rings. The molecule has 0 heterocycles. The summed E-state index contributed by atoms with van der Waals surface area (Å²) in [5.74, 6) is 0.501. The summed E-state index contributed by atoms with van der Waals surface area (Å²) >= 11 is 0. The van der Waals surface area contributed by atoms with Gasteiger partial charge < -0.3 is 10.8 Å². The van der Waals surface area contributed by atoms with Crippen molar-refractivity contribution in [2.45, 2.75) is 34.2 Å². The zero-order valence-corrected chi connectivity index (χ0v) is 12.2. The van der Waals surface area contributed by atoms with Crippen LogP contribution in [0.25, 0.3) is 0 Å². The molecule has 0 aromatic heterocycles. The van der Waals surface area contributed by atoms with Crippen LogP contribution in [0.2, 0.25) is 0 Å². The summed E-state index contributed by atoms with van der Waals surface area (Å²) < 4.78 is 0. The molecule has 0 aliphatic carbocycles. The number of nitrogens with zero attached hydrogens (tertiary/aromatic N) is 1. The first-order valence-corrected chi connectivity index (χ1v) is 6.59. The third kappa shape index (κ3) is 4.91. The summed E-state index contributed by atoms with van der Waals surface area (Å²) in [5.41, 5.74) is 8.10. The number of amides is 1. The lowest BCUT2D eigenvalue weighted by atomic mass is 10.0. The van der Waals surface area contributed by atoms with E-state index in [0.717, 1.165) is 23.2 Å². The number of nitrogens with two attached hydrogens (primary N) is 1. The number of hydrogen-bond acceptors (Lipinski definition) is 3. The number of benzene rings is 1. The van der Waals surface area contributed by atoms with E-state index in [1.54, 1.807) is 0 Å². The second kappa shape index (κ2) is 6.57. The first-order chi connectivity index (χ1) is 8.79. The van der Waals surface area contributed by atoms with Gasteiger partial charge in [-0.2, -0.15) is 0 Å². The van der Waals surface area contributed by atoms with Gasteiger partial charge in [0.2, 0.25) is 5.91 Å². The van der Waals surface area contributed by atoms with Gasteiger partial charge in [0.25, 0.3) is 0 Å². The summed E-state index contributed by atoms with van der Waals surface area (Å²) in [6.07, 6.45) is 0. The van der Waals surface area contributed by atoms with Gasteiger partial charge in [-0.15, -0.1) is 0 Å². The molecule has 1 aromatic carbocycles. The molecule has 0 atom stereocenters. The molecular weight excluding hydrogens is 240 g/mol. The molecule has 0 radical (unpaired) electrons. The number of carbonyl (C=O) groups is 1. The highest BCUT2D eigenvalue weighted by Gasteiger charge is 2.12. The Labute approximate surface area is 115 Å². The Bertz CT molecular complexity index is 432. The summed E-state index contributed by atoms with van der Waals surface area (Å²) in [5, 5.41) is 9.77. The SMILES string of the molecule is Cc1cc(CN(CC(N)=O)CC(C)C)cc(C)c1O. The van der Waals surface area contributed by atoms with Crippen molar-refractivity contribution in [2.75, 3.05) is 13.1 Å². The van der Waals surface area contributed by atoms with Crippen LogP contribution < -0.4 is 5.73 Å². The van der Waals surface area contributed by atoms with Crippen LogP contribution in [0.4, 0.5) is 0 Å². The van der Waals surface area contributed by atoms with Gasteiger partial charge in [-0.05, 0) is 36.5 Å². The normalized spacial score (nSPS) is 11.3. The average Bonchev–Trinajstić information content (AvgIpc) is 2.23. The van der Waals surface area contributed by atoms with Crippen molar-refractivity contribution >= 4 is 5.91 Å². The van der Waals surface area contributed by atoms with E-state index in [4.69, 9.17) is 5.73 Å². The van der Waals surface area contributed by atoms with Gasteiger partial charge in [0.05, 0.1) is 6.54 Å². The minimum atomic E-state index is -0.312.